The first-order chi connectivity index (χ1) is 8.97. The largest absolute Gasteiger partial charge is 0.480 e. The predicted molar refractivity (Wildman–Crippen MR) is 68.6 cm³/mol. The topological polar surface area (TPSA) is 77.8 Å². The van der Waals surface area contributed by atoms with Crippen molar-refractivity contribution in [1.82, 2.24) is 4.90 Å². The van der Waals surface area contributed by atoms with Crippen LogP contribution in [0.1, 0.15) is 17.5 Å². The van der Waals surface area contributed by atoms with Gasteiger partial charge < -0.3 is 15.1 Å². The van der Waals surface area contributed by atoms with Crippen LogP contribution in [0, 0.1) is 6.92 Å². The van der Waals surface area contributed by atoms with Crippen molar-refractivity contribution in [3.8, 4) is 0 Å². The molecule has 1 aromatic rings. The van der Waals surface area contributed by atoms with Gasteiger partial charge in [0.25, 0.3) is 0 Å². The van der Waals surface area contributed by atoms with Gasteiger partial charge in [0.2, 0.25) is 5.91 Å². The molecule has 1 heterocycles. The van der Waals surface area contributed by atoms with Gasteiger partial charge in [0.05, 0.1) is 12.5 Å². The normalized spacial score (nSPS) is 22.5. The van der Waals surface area contributed by atoms with Crippen LogP contribution in [-0.2, 0) is 16.0 Å². The summed E-state index contributed by atoms with van der Waals surface area (Å²) in [5.74, 6) is -1.32. The lowest BCUT2D eigenvalue weighted by molar-refractivity contribution is -0.148. The third-order valence-electron chi connectivity index (χ3n) is 3.36. The van der Waals surface area contributed by atoms with Crippen LogP contribution >= 0.6 is 0 Å². The molecule has 0 saturated carbocycles. The number of carbonyl (C=O) groups is 2. The van der Waals surface area contributed by atoms with Gasteiger partial charge >= 0.3 is 5.97 Å². The molecule has 1 amide bonds. The number of aliphatic hydroxyl groups is 1. The summed E-state index contributed by atoms with van der Waals surface area (Å²) in [4.78, 5) is 24.4. The first-order valence-corrected chi connectivity index (χ1v) is 6.23. The fourth-order valence-electron chi connectivity index (χ4n) is 2.31. The molecule has 0 spiro atoms. The maximum Gasteiger partial charge on any atom is 0.326 e. The fourth-order valence-corrected chi connectivity index (χ4v) is 2.31. The van der Waals surface area contributed by atoms with E-state index in [-0.39, 0.29) is 25.3 Å². The average Bonchev–Trinajstić information content (AvgIpc) is 2.74. The van der Waals surface area contributed by atoms with Gasteiger partial charge in [-0.25, -0.2) is 4.79 Å². The van der Waals surface area contributed by atoms with Crippen LogP contribution in [0.5, 0.6) is 0 Å². The molecule has 1 fully saturated rings. The van der Waals surface area contributed by atoms with E-state index < -0.39 is 18.1 Å². The van der Waals surface area contributed by atoms with Gasteiger partial charge in [0.1, 0.15) is 6.04 Å². The maximum absolute atomic E-state index is 12.1. The molecule has 0 aliphatic carbocycles. The Labute approximate surface area is 111 Å². The van der Waals surface area contributed by atoms with Crippen molar-refractivity contribution >= 4 is 11.9 Å². The molecule has 0 unspecified atom stereocenters. The van der Waals surface area contributed by atoms with Crippen LogP contribution in [0.15, 0.2) is 24.3 Å². The molecular formula is C14H17NO4. The van der Waals surface area contributed by atoms with Crippen LogP contribution in [0.25, 0.3) is 0 Å². The number of aryl methyl sites for hydroxylation is 1. The number of hydrogen-bond donors (Lipinski definition) is 2. The van der Waals surface area contributed by atoms with Gasteiger partial charge in [-0.05, 0) is 12.5 Å². The smallest absolute Gasteiger partial charge is 0.326 e. The molecule has 1 aromatic carbocycles. The molecular weight excluding hydrogens is 246 g/mol. The molecule has 2 rings (SSSR count). The standard InChI is InChI=1S/C14H17NO4/c1-9-2-4-10(5-3-9)6-13(17)15-8-11(16)7-12(15)14(18)19/h2-5,11-12,16H,6-8H2,1H3,(H,18,19)/t11-,12-/m0/s1. The summed E-state index contributed by atoms with van der Waals surface area (Å²) in [5.41, 5.74) is 1.96. The van der Waals surface area contributed by atoms with Crippen molar-refractivity contribution in [2.75, 3.05) is 6.54 Å². The Bertz CT molecular complexity index is 483. The quantitative estimate of drug-likeness (QED) is 0.836. The number of amides is 1. The van der Waals surface area contributed by atoms with Crippen LogP contribution in [0.2, 0.25) is 0 Å². The summed E-state index contributed by atoms with van der Waals surface area (Å²) in [6.45, 7) is 2.06. The number of nitrogens with zero attached hydrogens (tertiary/aromatic N) is 1. The number of aliphatic carboxylic acids is 1. The summed E-state index contributed by atoms with van der Waals surface area (Å²) in [6.07, 6.45) is -0.478. The Morgan fingerprint density at radius 2 is 1.95 bits per heavy atom. The Balaban J connectivity index is 2.06. The molecule has 1 saturated heterocycles. The van der Waals surface area contributed by atoms with Crippen LogP contribution in [0.3, 0.4) is 0 Å². The second-order valence-corrected chi connectivity index (χ2v) is 4.95. The Kier molecular flexibility index (Phi) is 3.85. The number of aliphatic hydroxyl groups excluding tert-OH is 1. The number of carboxylic acids is 1. The molecule has 2 atom stereocenters. The summed E-state index contributed by atoms with van der Waals surface area (Å²) in [7, 11) is 0. The van der Waals surface area contributed by atoms with Gasteiger partial charge in [-0.3, -0.25) is 4.79 Å². The van der Waals surface area contributed by atoms with Crippen molar-refractivity contribution in [2.24, 2.45) is 0 Å². The lowest BCUT2D eigenvalue weighted by Crippen LogP contribution is -2.41. The van der Waals surface area contributed by atoms with E-state index >= 15 is 0 Å². The highest BCUT2D eigenvalue weighted by Crippen LogP contribution is 2.19. The fraction of sp³-hybridized carbons (Fsp3) is 0.429. The molecule has 5 heteroatoms. The molecule has 2 N–H and O–H groups in total. The number of β-amino-alcohol motifs (C(OH)–C–C–N with tert-alkyl or cyclic N) is 1. The first-order valence-electron chi connectivity index (χ1n) is 6.23. The summed E-state index contributed by atoms with van der Waals surface area (Å²) < 4.78 is 0. The van der Waals surface area contributed by atoms with E-state index in [1.165, 1.54) is 4.90 Å². The van der Waals surface area contributed by atoms with E-state index in [2.05, 4.69) is 0 Å². The van der Waals surface area contributed by atoms with Crippen LogP contribution < -0.4 is 0 Å². The number of carboxylic acid groups (broad SMARTS) is 1. The second-order valence-electron chi connectivity index (χ2n) is 4.95. The zero-order valence-corrected chi connectivity index (χ0v) is 10.7. The van der Waals surface area contributed by atoms with Gasteiger partial charge in [-0.1, -0.05) is 29.8 Å². The Hall–Kier alpha value is -1.88. The van der Waals surface area contributed by atoms with Crippen molar-refractivity contribution in [3.63, 3.8) is 0 Å². The molecule has 1 aliphatic heterocycles. The minimum atomic E-state index is -1.06. The van der Waals surface area contributed by atoms with E-state index in [9.17, 15) is 14.7 Å². The highest BCUT2D eigenvalue weighted by molar-refractivity contribution is 5.85. The highest BCUT2D eigenvalue weighted by Gasteiger charge is 2.38. The minimum Gasteiger partial charge on any atom is -0.480 e. The molecule has 0 aromatic heterocycles. The number of carbonyl (C=O) groups excluding carboxylic acids is 1. The molecule has 19 heavy (non-hydrogen) atoms. The van der Waals surface area contributed by atoms with E-state index in [1.807, 2.05) is 31.2 Å². The van der Waals surface area contributed by atoms with Gasteiger partial charge in [-0.15, -0.1) is 0 Å². The van der Waals surface area contributed by atoms with Crippen LogP contribution in [0.4, 0.5) is 0 Å². The van der Waals surface area contributed by atoms with Crippen molar-refractivity contribution in [3.05, 3.63) is 35.4 Å². The van der Waals surface area contributed by atoms with Crippen molar-refractivity contribution in [1.29, 1.82) is 0 Å². The lowest BCUT2D eigenvalue weighted by Gasteiger charge is -2.21. The average molecular weight is 263 g/mol. The summed E-state index contributed by atoms with van der Waals surface area (Å²) in [6, 6.07) is 6.63. The molecule has 0 radical (unpaired) electrons. The monoisotopic (exact) mass is 263 g/mol. The van der Waals surface area contributed by atoms with E-state index in [0.717, 1.165) is 11.1 Å². The number of hydrogen-bond acceptors (Lipinski definition) is 3. The van der Waals surface area contributed by atoms with Crippen molar-refractivity contribution in [2.45, 2.75) is 31.9 Å². The van der Waals surface area contributed by atoms with E-state index in [1.54, 1.807) is 0 Å². The number of likely N-dealkylation sites (tertiary alicyclic amines) is 1. The number of rotatable bonds is 3. The van der Waals surface area contributed by atoms with Crippen molar-refractivity contribution < 1.29 is 19.8 Å². The van der Waals surface area contributed by atoms with Crippen LogP contribution in [-0.4, -0.2) is 45.7 Å². The third kappa shape index (κ3) is 3.12. The molecule has 0 bridgehead atoms. The first kappa shape index (κ1) is 13.5. The van der Waals surface area contributed by atoms with Gasteiger partial charge in [-0.2, -0.15) is 0 Å². The highest BCUT2D eigenvalue weighted by atomic mass is 16.4. The zero-order chi connectivity index (χ0) is 14.0. The summed E-state index contributed by atoms with van der Waals surface area (Å²) >= 11 is 0. The van der Waals surface area contributed by atoms with Gasteiger partial charge in [0.15, 0.2) is 0 Å². The predicted octanol–water partition coefficient (Wildman–Crippen LogP) is 0.584. The Morgan fingerprint density at radius 1 is 1.32 bits per heavy atom. The second kappa shape index (κ2) is 5.40. The lowest BCUT2D eigenvalue weighted by atomic mass is 10.1. The third-order valence-corrected chi connectivity index (χ3v) is 3.36. The minimum absolute atomic E-state index is 0.0989. The van der Waals surface area contributed by atoms with E-state index in [4.69, 9.17) is 5.11 Å². The maximum atomic E-state index is 12.1. The number of benzene rings is 1. The SMILES string of the molecule is Cc1ccc(CC(=O)N2C[C@@H](O)C[C@H]2C(=O)O)cc1. The molecule has 5 nitrogen and oxygen atoms in total. The van der Waals surface area contributed by atoms with Gasteiger partial charge in [0, 0.05) is 13.0 Å². The zero-order valence-electron chi connectivity index (χ0n) is 10.7. The summed E-state index contributed by atoms with van der Waals surface area (Å²) in [5, 5.41) is 18.6. The Morgan fingerprint density at radius 3 is 2.53 bits per heavy atom. The molecule has 102 valence electrons. The molecule has 1 aliphatic rings. The van der Waals surface area contributed by atoms with E-state index in [0.29, 0.717) is 0 Å².